The second-order valence-corrected chi connectivity index (χ2v) is 9.78. The Hall–Kier alpha value is -2.85. The molecule has 39 heavy (non-hydrogen) atoms. The molecule has 3 aliphatic heterocycles. The number of carbonyl (C=O) groups excluding carboxylic acids is 1. The lowest BCUT2D eigenvalue weighted by molar-refractivity contribution is -0.277. The molecule has 212 valence electrons. The summed E-state index contributed by atoms with van der Waals surface area (Å²) < 4.78 is 27.9. The van der Waals surface area contributed by atoms with Gasteiger partial charge in [0, 0.05) is 6.07 Å². The maximum Gasteiger partial charge on any atom is 0.229 e. The smallest absolute Gasteiger partial charge is 0.229 e. The van der Waals surface area contributed by atoms with Crippen LogP contribution in [-0.2, 0) is 9.47 Å². The minimum atomic E-state index is -1.84. The van der Waals surface area contributed by atoms with E-state index in [0.29, 0.717) is 11.1 Å². The van der Waals surface area contributed by atoms with Crippen LogP contribution in [0.2, 0.25) is 0 Å². The zero-order valence-corrected chi connectivity index (χ0v) is 20.6. The number of rotatable bonds is 7. The molecule has 0 amide bonds. The highest BCUT2D eigenvalue weighted by Gasteiger charge is 2.49. The Morgan fingerprint density at radius 3 is 2.26 bits per heavy atom. The van der Waals surface area contributed by atoms with Crippen molar-refractivity contribution in [1.82, 2.24) is 0 Å². The van der Waals surface area contributed by atoms with Gasteiger partial charge in [-0.2, -0.15) is 0 Å². The summed E-state index contributed by atoms with van der Waals surface area (Å²) in [5.41, 5.74) is -0.847. The third-order valence-corrected chi connectivity index (χ3v) is 7.08. The molecule has 2 aromatic rings. The molecule has 0 bridgehead atoms. The highest BCUT2D eigenvalue weighted by atomic mass is 16.7. The first-order valence-corrected chi connectivity index (χ1v) is 12.3. The van der Waals surface area contributed by atoms with Crippen LogP contribution < -0.4 is 14.2 Å². The highest BCUT2D eigenvalue weighted by molar-refractivity contribution is 6.00. The van der Waals surface area contributed by atoms with Crippen molar-refractivity contribution in [2.24, 2.45) is 0 Å². The molecule has 2 saturated heterocycles. The van der Waals surface area contributed by atoms with E-state index in [0.717, 1.165) is 0 Å². The predicted octanol–water partition coefficient (Wildman–Crippen LogP) is -1.61. The van der Waals surface area contributed by atoms with Crippen molar-refractivity contribution in [3.8, 4) is 17.2 Å². The lowest BCUT2D eigenvalue weighted by atomic mass is 9.96. The zero-order valence-electron chi connectivity index (χ0n) is 20.6. The Morgan fingerprint density at radius 1 is 0.897 bits per heavy atom. The van der Waals surface area contributed by atoms with Crippen molar-refractivity contribution in [1.29, 1.82) is 0 Å². The van der Waals surface area contributed by atoms with Gasteiger partial charge >= 0.3 is 0 Å². The van der Waals surface area contributed by atoms with E-state index < -0.39 is 68.0 Å². The SMILES string of the molecule is O=C1C[C@H](c2ccc(O[C@@H]3O[C@H](CO)[C@@H](O)[C@H](O)[C@H]3O)cc2)Oc2cc(O[C@@H]3OC[C@](O)(CO)[C@H]3O)ccc21. The number of benzene rings is 2. The van der Waals surface area contributed by atoms with Gasteiger partial charge in [0.15, 0.2) is 5.78 Å². The van der Waals surface area contributed by atoms with Gasteiger partial charge in [0.1, 0.15) is 59.5 Å². The van der Waals surface area contributed by atoms with Crippen LogP contribution in [0, 0.1) is 0 Å². The summed E-state index contributed by atoms with van der Waals surface area (Å²) in [6.07, 6.45) is -10.4. The average Bonchev–Trinajstić information content (AvgIpc) is 3.22. The van der Waals surface area contributed by atoms with Crippen molar-refractivity contribution in [3.63, 3.8) is 0 Å². The van der Waals surface area contributed by atoms with E-state index in [4.69, 9.17) is 23.7 Å². The quantitative estimate of drug-likeness (QED) is 0.208. The summed E-state index contributed by atoms with van der Waals surface area (Å²) in [7, 11) is 0. The molecule has 9 atom stereocenters. The molecule has 0 saturated carbocycles. The molecule has 3 heterocycles. The van der Waals surface area contributed by atoms with Crippen LogP contribution in [0.4, 0.5) is 0 Å². The summed E-state index contributed by atoms with van der Waals surface area (Å²) in [4.78, 5) is 12.8. The van der Waals surface area contributed by atoms with Crippen molar-refractivity contribution in [2.45, 2.75) is 61.2 Å². The summed E-state index contributed by atoms with van der Waals surface area (Å²) in [6, 6.07) is 10.9. The maximum absolute atomic E-state index is 12.8. The van der Waals surface area contributed by atoms with Crippen LogP contribution in [0.5, 0.6) is 17.2 Å². The van der Waals surface area contributed by atoms with Gasteiger partial charge in [-0.3, -0.25) is 4.79 Å². The fourth-order valence-corrected chi connectivity index (χ4v) is 4.65. The van der Waals surface area contributed by atoms with E-state index in [1.807, 2.05) is 0 Å². The van der Waals surface area contributed by atoms with Gasteiger partial charge in [0.2, 0.25) is 12.6 Å². The van der Waals surface area contributed by atoms with Gasteiger partial charge in [0.05, 0.1) is 31.8 Å². The van der Waals surface area contributed by atoms with Crippen molar-refractivity contribution >= 4 is 5.78 Å². The molecule has 0 aromatic heterocycles. The van der Waals surface area contributed by atoms with Crippen molar-refractivity contribution < 1.29 is 64.2 Å². The first-order valence-electron chi connectivity index (χ1n) is 12.3. The van der Waals surface area contributed by atoms with Gasteiger partial charge in [-0.1, -0.05) is 12.1 Å². The standard InChI is InChI=1S/C26H30O13/c27-9-19-20(30)21(31)22(32)24(39-19)36-13-3-1-12(2-4-13)17-8-16(29)15-6-5-14(7-18(15)38-17)37-25-23(33)26(34,10-28)11-35-25/h1-7,17,19-25,27-28,30-34H,8-11H2/t17-,19-,20-,21+,22-,23+,24-,25+,26-/m1/s1. The summed E-state index contributed by atoms with van der Waals surface area (Å²) >= 11 is 0. The van der Waals surface area contributed by atoms with Gasteiger partial charge in [-0.15, -0.1) is 0 Å². The molecule has 0 radical (unpaired) electrons. The van der Waals surface area contributed by atoms with Crippen LogP contribution in [0.1, 0.15) is 28.4 Å². The number of aliphatic hydroxyl groups excluding tert-OH is 6. The first kappa shape index (κ1) is 27.7. The number of hydrogen-bond acceptors (Lipinski definition) is 13. The second-order valence-electron chi connectivity index (χ2n) is 9.78. The number of carbonyl (C=O) groups is 1. The molecule has 0 unspecified atom stereocenters. The minimum absolute atomic E-state index is 0.0636. The Labute approximate surface area is 222 Å². The third kappa shape index (κ3) is 5.33. The van der Waals surface area contributed by atoms with Gasteiger partial charge in [-0.05, 0) is 29.8 Å². The Balaban J connectivity index is 1.26. The number of Topliss-reactive ketones (excluding diaryl/α,β-unsaturated/α-hetero) is 1. The van der Waals surface area contributed by atoms with E-state index in [9.17, 15) is 40.5 Å². The normalized spacial score (nSPS) is 36.2. The van der Waals surface area contributed by atoms with E-state index in [1.165, 1.54) is 18.2 Å². The Bertz CT molecular complexity index is 1170. The predicted molar refractivity (Wildman–Crippen MR) is 128 cm³/mol. The molecular formula is C26H30O13. The summed E-state index contributed by atoms with van der Waals surface area (Å²) in [5.74, 6) is 0.567. The Kier molecular flexibility index (Phi) is 7.79. The van der Waals surface area contributed by atoms with Gasteiger partial charge in [0.25, 0.3) is 0 Å². The van der Waals surface area contributed by atoms with Crippen LogP contribution >= 0.6 is 0 Å². The number of hydrogen-bond donors (Lipinski definition) is 7. The molecule has 13 nitrogen and oxygen atoms in total. The molecule has 3 aliphatic rings. The van der Waals surface area contributed by atoms with Crippen LogP contribution in [0.15, 0.2) is 42.5 Å². The molecule has 13 heteroatoms. The summed E-state index contributed by atoms with van der Waals surface area (Å²) in [5, 5.41) is 69.0. The van der Waals surface area contributed by atoms with Crippen molar-refractivity contribution in [3.05, 3.63) is 53.6 Å². The largest absolute Gasteiger partial charge is 0.484 e. The molecule has 5 rings (SSSR count). The second kappa shape index (κ2) is 11.0. The lowest BCUT2D eigenvalue weighted by Gasteiger charge is -2.39. The minimum Gasteiger partial charge on any atom is -0.484 e. The van der Waals surface area contributed by atoms with Crippen LogP contribution in [0.3, 0.4) is 0 Å². The fraction of sp³-hybridized carbons (Fsp3) is 0.500. The third-order valence-electron chi connectivity index (χ3n) is 7.08. The number of ketones is 1. The molecular weight excluding hydrogens is 520 g/mol. The van der Waals surface area contributed by atoms with Gasteiger partial charge in [-0.25, -0.2) is 0 Å². The number of aliphatic hydroxyl groups is 7. The van der Waals surface area contributed by atoms with Crippen molar-refractivity contribution in [2.75, 3.05) is 19.8 Å². The molecule has 2 aromatic carbocycles. The molecule has 0 aliphatic carbocycles. The van der Waals surface area contributed by atoms with E-state index in [2.05, 4.69) is 0 Å². The van der Waals surface area contributed by atoms with E-state index in [1.54, 1.807) is 24.3 Å². The molecule has 2 fully saturated rings. The Morgan fingerprint density at radius 2 is 1.59 bits per heavy atom. The average molecular weight is 551 g/mol. The number of ether oxygens (including phenoxy) is 5. The van der Waals surface area contributed by atoms with Crippen LogP contribution in [0.25, 0.3) is 0 Å². The maximum atomic E-state index is 12.8. The fourth-order valence-electron chi connectivity index (χ4n) is 4.65. The van der Waals surface area contributed by atoms with E-state index >= 15 is 0 Å². The van der Waals surface area contributed by atoms with Crippen LogP contribution in [-0.4, -0.2) is 110 Å². The van der Waals surface area contributed by atoms with E-state index in [-0.39, 0.29) is 36.1 Å². The highest BCUT2D eigenvalue weighted by Crippen LogP contribution is 2.38. The topological polar surface area (TPSA) is 205 Å². The number of fused-ring (bicyclic) bond motifs is 1. The first-order chi connectivity index (χ1) is 18.6. The zero-order chi connectivity index (χ0) is 27.9. The lowest BCUT2D eigenvalue weighted by Crippen LogP contribution is -2.60. The molecule has 7 N–H and O–H groups in total. The van der Waals surface area contributed by atoms with Gasteiger partial charge < -0.3 is 59.4 Å². The summed E-state index contributed by atoms with van der Waals surface area (Å²) in [6.45, 7) is -1.60. The monoisotopic (exact) mass is 550 g/mol. The molecule has 0 spiro atoms.